The van der Waals surface area contributed by atoms with E-state index >= 15 is 0 Å². The zero-order valence-electron chi connectivity index (χ0n) is 11.1. The van der Waals surface area contributed by atoms with Gasteiger partial charge in [-0.05, 0) is 40.5 Å². The summed E-state index contributed by atoms with van der Waals surface area (Å²) in [5, 5.41) is 9.00. The molecule has 0 amide bonds. The van der Waals surface area contributed by atoms with E-state index in [1.165, 1.54) is 25.3 Å². The summed E-state index contributed by atoms with van der Waals surface area (Å²) in [5.74, 6) is -0.699. The lowest BCUT2D eigenvalue weighted by molar-refractivity contribution is -0.139. The first-order valence-electron chi connectivity index (χ1n) is 5.90. The average molecular weight is 366 g/mol. The van der Waals surface area contributed by atoms with Crippen molar-refractivity contribution in [3.8, 4) is 5.75 Å². The van der Waals surface area contributed by atoms with Crippen LogP contribution in [0.3, 0.4) is 0 Å². The summed E-state index contributed by atoms with van der Waals surface area (Å²) >= 11 is 3.19. The van der Waals surface area contributed by atoms with Crippen LogP contribution in [0.1, 0.15) is 19.8 Å². The van der Waals surface area contributed by atoms with Gasteiger partial charge in [0.2, 0.25) is 10.0 Å². The van der Waals surface area contributed by atoms with Gasteiger partial charge in [0, 0.05) is 0 Å². The van der Waals surface area contributed by atoms with Crippen molar-refractivity contribution in [2.24, 2.45) is 0 Å². The monoisotopic (exact) mass is 365 g/mol. The van der Waals surface area contributed by atoms with Crippen LogP contribution < -0.4 is 9.46 Å². The fourth-order valence-electron chi connectivity index (χ4n) is 1.59. The highest BCUT2D eigenvalue weighted by Crippen LogP contribution is 2.27. The second kappa shape index (κ2) is 7.05. The first-order chi connectivity index (χ1) is 9.31. The van der Waals surface area contributed by atoms with Crippen molar-refractivity contribution >= 4 is 31.9 Å². The molecular weight excluding hydrogens is 350 g/mol. The topological polar surface area (TPSA) is 92.7 Å². The SMILES string of the molecule is CCCC(NS(=O)(=O)c1ccc(OC)c(Br)c1)C(=O)O. The summed E-state index contributed by atoms with van der Waals surface area (Å²) in [6.45, 7) is 1.79. The zero-order valence-corrected chi connectivity index (χ0v) is 13.5. The van der Waals surface area contributed by atoms with E-state index in [1.807, 2.05) is 0 Å². The number of carbonyl (C=O) groups is 1. The highest BCUT2D eigenvalue weighted by Gasteiger charge is 2.25. The van der Waals surface area contributed by atoms with Gasteiger partial charge in [0.25, 0.3) is 0 Å². The van der Waals surface area contributed by atoms with Crippen molar-refractivity contribution in [3.05, 3.63) is 22.7 Å². The fourth-order valence-corrected chi connectivity index (χ4v) is 3.53. The molecule has 112 valence electrons. The standard InChI is InChI=1S/C12H16BrNO5S/c1-3-4-10(12(15)16)14-20(17,18)8-5-6-11(19-2)9(13)7-8/h5-7,10,14H,3-4H2,1-2H3,(H,15,16). The molecule has 0 bridgehead atoms. The molecule has 1 unspecified atom stereocenters. The molecule has 0 saturated heterocycles. The Balaban J connectivity index is 3.04. The minimum atomic E-state index is -3.89. The number of methoxy groups -OCH3 is 1. The van der Waals surface area contributed by atoms with E-state index in [2.05, 4.69) is 20.7 Å². The molecule has 0 heterocycles. The van der Waals surface area contributed by atoms with Crippen LogP contribution in [0.25, 0.3) is 0 Å². The maximum atomic E-state index is 12.1. The first-order valence-corrected chi connectivity index (χ1v) is 8.18. The number of halogens is 1. The molecule has 1 rings (SSSR count). The van der Waals surface area contributed by atoms with Gasteiger partial charge in [0.1, 0.15) is 11.8 Å². The third-order valence-electron chi connectivity index (χ3n) is 2.61. The van der Waals surface area contributed by atoms with Crippen LogP contribution in [0.2, 0.25) is 0 Å². The molecule has 0 radical (unpaired) electrons. The Hall–Kier alpha value is -1.12. The van der Waals surface area contributed by atoms with Crippen LogP contribution in [0, 0.1) is 0 Å². The molecule has 20 heavy (non-hydrogen) atoms. The average Bonchev–Trinajstić information content (AvgIpc) is 2.37. The van der Waals surface area contributed by atoms with Crippen LogP contribution in [-0.4, -0.2) is 32.6 Å². The maximum absolute atomic E-state index is 12.1. The molecule has 0 aliphatic carbocycles. The van der Waals surface area contributed by atoms with Gasteiger partial charge < -0.3 is 9.84 Å². The van der Waals surface area contributed by atoms with Crippen LogP contribution in [0.4, 0.5) is 0 Å². The molecule has 0 aliphatic heterocycles. The van der Waals surface area contributed by atoms with Gasteiger partial charge in [-0.2, -0.15) is 4.72 Å². The molecule has 0 spiro atoms. The summed E-state index contributed by atoms with van der Waals surface area (Å²) in [4.78, 5) is 11.0. The quantitative estimate of drug-likeness (QED) is 0.770. The van der Waals surface area contributed by atoms with Gasteiger partial charge >= 0.3 is 5.97 Å². The van der Waals surface area contributed by atoms with Gasteiger partial charge in [-0.25, -0.2) is 8.42 Å². The van der Waals surface area contributed by atoms with Crippen molar-refractivity contribution in [1.82, 2.24) is 4.72 Å². The van der Waals surface area contributed by atoms with Gasteiger partial charge in [0.15, 0.2) is 0 Å². The number of carboxylic acid groups (broad SMARTS) is 1. The van der Waals surface area contributed by atoms with Crippen molar-refractivity contribution in [2.75, 3.05) is 7.11 Å². The number of benzene rings is 1. The molecule has 8 heteroatoms. The number of carboxylic acids is 1. The number of hydrogen-bond donors (Lipinski definition) is 2. The van der Waals surface area contributed by atoms with E-state index in [1.54, 1.807) is 6.92 Å². The van der Waals surface area contributed by atoms with E-state index in [4.69, 9.17) is 9.84 Å². The molecule has 0 aromatic heterocycles. The number of aliphatic carboxylic acids is 1. The maximum Gasteiger partial charge on any atom is 0.321 e. The predicted octanol–water partition coefficient (Wildman–Crippen LogP) is 1.99. The minimum Gasteiger partial charge on any atom is -0.496 e. The van der Waals surface area contributed by atoms with E-state index in [-0.39, 0.29) is 11.3 Å². The van der Waals surface area contributed by atoms with E-state index in [0.717, 1.165) is 0 Å². The van der Waals surface area contributed by atoms with E-state index in [0.29, 0.717) is 16.6 Å². The molecule has 6 nitrogen and oxygen atoms in total. The lowest BCUT2D eigenvalue weighted by atomic mass is 10.2. The van der Waals surface area contributed by atoms with Crippen LogP contribution in [0.15, 0.2) is 27.6 Å². The Morgan fingerprint density at radius 2 is 2.15 bits per heavy atom. The molecule has 0 fully saturated rings. The lowest BCUT2D eigenvalue weighted by Crippen LogP contribution is -2.40. The van der Waals surface area contributed by atoms with Gasteiger partial charge in [-0.1, -0.05) is 13.3 Å². The fraction of sp³-hybridized carbons (Fsp3) is 0.417. The highest BCUT2D eigenvalue weighted by atomic mass is 79.9. The normalized spacial score (nSPS) is 12.9. The Morgan fingerprint density at radius 1 is 1.50 bits per heavy atom. The van der Waals surface area contributed by atoms with Crippen molar-refractivity contribution in [1.29, 1.82) is 0 Å². The van der Waals surface area contributed by atoms with Gasteiger partial charge in [-0.3, -0.25) is 4.79 Å². The number of ether oxygens (including phenoxy) is 1. The number of rotatable bonds is 7. The van der Waals surface area contributed by atoms with Crippen LogP contribution in [0.5, 0.6) is 5.75 Å². The Kier molecular flexibility index (Phi) is 5.97. The first kappa shape index (κ1) is 16.9. The third-order valence-corrected chi connectivity index (χ3v) is 4.70. The van der Waals surface area contributed by atoms with E-state index in [9.17, 15) is 13.2 Å². The molecular formula is C12H16BrNO5S. The Bertz CT molecular complexity index is 588. The number of nitrogens with one attached hydrogen (secondary N) is 1. The smallest absolute Gasteiger partial charge is 0.321 e. The second-order valence-electron chi connectivity index (χ2n) is 4.10. The Labute approximate surface area is 126 Å². The van der Waals surface area contributed by atoms with Crippen molar-refractivity contribution in [2.45, 2.75) is 30.7 Å². The summed E-state index contributed by atoms with van der Waals surface area (Å²) in [6, 6.07) is 3.09. The predicted molar refractivity (Wildman–Crippen MR) is 77.3 cm³/mol. The number of hydrogen-bond acceptors (Lipinski definition) is 4. The molecule has 1 aromatic carbocycles. The number of sulfonamides is 1. The molecule has 0 saturated carbocycles. The largest absolute Gasteiger partial charge is 0.496 e. The van der Waals surface area contributed by atoms with E-state index < -0.39 is 22.0 Å². The summed E-state index contributed by atoms with van der Waals surface area (Å²) in [7, 11) is -2.42. The minimum absolute atomic E-state index is 0.0208. The second-order valence-corrected chi connectivity index (χ2v) is 6.67. The lowest BCUT2D eigenvalue weighted by Gasteiger charge is -2.14. The third kappa shape index (κ3) is 4.19. The summed E-state index contributed by atoms with van der Waals surface area (Å²) < 4.78 is 32.0. The highest BCUT2D eigenvalue weighted by molar-refractivity contribution is 9.10. The van der Waals surface area contributed by atoms with Crippen molar-refractivity contribution < 1.29 is 23.1 Å². The molecule has 0 aliphatic rings. The van der Waals surface area contributed by atoms with Crippen LogP contribution >= 0.6 is 15.9 Å². The zero-order chi connectivity index (χ0) is 15.3. The Morgan fingerprint density at radius 3 is 2.60 bits per heavy atom. The summed E-state index contributed by atoms with van der Waals surface area (Å²) in [6.07, 6.45) is 0.789. The molecule has 1 aromatic rings. The van der Waals surface area contributed by atoms with Crippen LogP contribution in [-0.2, 0) is 14.8 Å². The summed E-state index contributed by atoms with van der Waals surface area (Å²) in [5.41, 5.74) is 0. The molecule has 2 N–H and O–H groups in total. The van der Waals surface area contributed by atoms with Gasteiger partial charge in [-0.15, -0.1) is 0 Å². The van der Waals surface area contributed by atoms with Crippen molar-refractivity contribution in [3.63, 3.8) is 0 Å². The molecule has 1 atom stereocenters. The van der Waals surface area contributed by atoms with Gasteiger partial charge in [0.05, 0.1) is 16.5 Å².